The highest BCUT2D eigenvalue weighted by atomic mass is 16.3. The van der Waals surface area contributed by atoms with Crippen molar-refractivity contribution in [3.63, 3.8) is 0 Å². The lowest BCUT2D eigenvalue weighted by Crippen LogP contribution is -2.05. The number of rotatable bonds is 4. The summed E-state index contributed by atoms with van der Waals surface area (Å²) in [5, 5.41) is 11.4. The molecule has 3 aromatic rings. The molecule has 0 amide bonds. The average Bonchev–Trinajstić information content (AvgIpc) is 3.11. The highest BCUT2D eigenvalue weighted by Gasteiger charge is 2.07. The van der Waals surface area contributed by atoms with Crippen LogP contribution in [0.5, 0.6) is 0 Å². The van der Waals surface area contributed by atoms with E-state index in [9.17, 15) is 0 Å². The molecule has 102 valence electrons. The first kappa shape index (κ1) is 12.5. The Hall–Kier alpha value is -2.56. The Labute approximate surface area is 117 Å². The molecule has 2 heterocycles. The van der Waals surface area contributed by atoms with Crippen molar-refractivity contribution < 1.29 is 4.42 Å². The predicted octanol–water partition coefficient (Wildman–Crippen LogP) is 3.25. The van der Waals surface area contributed by atoms with Gasteiger partial charge in [0.15, 0.2) is 5.82 Å². The van der Waals surface area contributed by atoms with Crippen LogP contribution in [0, 0.1) is 0 Å². The molecular formula is C15H16N4O. The fraction of sp³-hybridized carbons (Fsp3) is 0.200. The third kappa shape index (κ3) is 2.42. The zero-order chi connectivity index (χ0) is 13.9. The molecular weight excluding hydrogens is 252 g/mol. The van der Waals surface area contributed by atoms with E-state index >= 15 is 0 Å². The number of hydrogen-bond acceptors (Lipinski definition) is 4. The first-order valence-corrected chi connectivity index (χ1v) is 6.47. The first-order valence-electron chi connectivity index (χ1n) is 6.47. The van der Waals surface area contributed by atoms with Gasteiger partial charge in [0.1, 0.15) is 6.33 Å². The molecule has 20 heavy (non-hydrogen) atoms. The van der Waals surface area contributed by atoms with Crippen LogP contribution in [-0.4, -0.2) is 14.8 Å². The summed E-state index contributed by atoms with van der Waals surface area (Å²) in [6.07, 6.45) is 5.14. The van der Waals surface area contributed by atoms with Crippen molar-refractivity contribution >= 4 is 5.69 Å². The maximum atomic E-state index is 5.10. The number of furan rings is 1. The van der Waals surface area contributed by atoms with Crippen LogP contribution in [0.4, 0.5) is 5.69 Å². The lowest BCUT2D eigenvalue weighted by atomic mass is 10.1. The molecule has 1 unspecified atom stereocenters. The number of hydrogen-bond donors (Lipinski definition) is 1. The van der Waals surface area contributed by atoms with Gasteiger partial charge in [-0.1, -0.05) is 0 Å². The molecule has 0 radical (unpaired) electrons. The lowest BCUT2D eigenvalue weighted by molar-refractivity contribution is 0.562. The second-order valence-corrected chi connectivity index (χ2v) is 4.77. The van der Waals surface area contributed by atoms with E-state index in [0.717, 1.165) is 22.6 Å². The van der Waals surface area contributed by atoms with Crippen molar-refractivity contribution in [1.29, 1.82) is 0 Å². The Bertz CT molecular complexity index is 670. The Morgan fingerprint density at radius 1 is 1.20 bits per heavy atom. The zero-order valence-electron chi connectivity index (χ0n) is 11.4. The topological polar surface area (TPSA) is 55.9 Å². The minimum atomic E-state index is 0.203. The number of nitrogens with one attached hydrogen (secondary N) is 1. The van der Waals surface area contributed by atoms with Crippen LogP contribution in [0.3, 0.4) is 0 Å². The average molecular weight is 268 g/mol. The van der Waals surface area contributed by atoms with Crippen molar-refractivity contribution in [2.75, 3.05) is 5.32 Å². The summed E-state index contributed by atoms with van der Waals surface area (Å²) in [7, 11) is 1.93. The second-order valence-electron chi connectivity index (χ2n) is 4.77. The summed E-state index contributed by atoms with van der Waals surface area (Å²) in [5.74, 6) is 0.861. The first-order chi connectivity index (χ1) is 9.74. The van der Waals surface area contributed by atoms with Gasteiger partial charge in [0.2, 0.25) is 0 Å². The Kier molecular flexibility index (Phi) is 3.25. The quantitative estimate of drug-likeness (QED) is 0.789. The molecule has 1 aromatic carbocycles. The number of nitrogens with zero attached hydrogens (tertiary/aromatic N) is 3. The maximum absolute atomic E-state index is 5.10. The molecule has 0 aliphatic rings. The SMILES string of the molecule is CC(Nc1ccc(-c2nncn2C)cc1)c1ccoc1. The molecule has 0 fully saturated rings. The Balaban J connectivity index is 1.75. The van der Waals surface area contributed by atoms with E-state index in [0.29, 0.717) is 0 Å². The van der Waals surface area contributed by atoms with Gasteiger partial charge in [-0.2, -0.15) is 0 Å². The van der Waals surface area contributed by atoms with Crippen molar-refractivity contribution in [3.8, 4) is 11.4 Å². The van der Waals surface area contributed by atoms with Crippen molar-refractivity contribution in [3.05, 3.63) is 54.7 Å². The minimum absolute atomic E-state index is 0.203. The smallest absolute Gasteiger partial charge is 0.163 e. The summed E-state index contributed by atoms with van der Waals surface area (Å²) < 4.78 is 7.00. The number of aryl methyl sites for hydroxylation is 1. The Morgan fingerprint density at radius 2 is 2.00 bits per heavy atom. The van der Waals surface area contributed by atoms with Gasteiger partial charge in [-0.05, 0) is 37.3 Å². The molecule has 0 aliphatic carbocycles. The molecule has 0 saturated heterocycles. The van der Waals surface area contributed by atoms with Crippen molar-refractivity contribution in [2.24, 2.45) is 7.05 Å². The van der Waals surface area contributed by atoms with Crippen LogP contribution in [0.2, 0.25) is 0 Å². The van der Waals surface area contributed by atoms with Crippen LogP contribution in [-0.2, 0) is 7.05 Å². The van der Waals surface area contributed by atoms with Gasteiger partial charge >= 0.3 is 0 Å². The molecule has 0 spiro atoms. The van der Waals surface area contributed by atoms with E-state index < -0.39 is 0 Å². The summed E-state index contributed by atoms with van der Waals surface area (Å²) in [6, 6.07) is 10.3. The molecule has 1 atom stereocenters. The van der Waals surface area contributed by atoms with E-state index in [-0.39, 0.29) is 6.04 Å². The van der Waals surface area contributed by atoms with E-state index in [4.69, 9.17) is 4.42 Å². The fourth-order valence-electron chi connectivity index (χ4n) is 2.11. The van der Waals surface area contributed by atoms with Gasteiger partial charge in [0.25, 0.3) is 0 Å². The standard InChI is InChI=1S/C15H16N4O/c1-11(13-7-8-20-9-13)17-14-5-3-12(4-6-14)15-18-16-10-19(15)2/h3-11,17H,1-2H3. The molecule has 0 saturated carbocycles. The van der Waals surface area contributed by atoms with Crippen LogP contribution >= 0.6 is 0 Å². The highest BCUT2D eigenvalue weighted by Crippen LogP contribution is 2.22. The van der Waals surface area contributed by atoms with Crippen LogP contribution in [0.1, 0.15) is 18.5 Å². The molecule has 1 N–H and O–H groups in total. The maximum Gasteiger partial charge on any atom is 0.163 e. The van der Waals surface area contributed by atoms with E-state index in [1.807, 2.05) is 41.9 Å². The Morgan fingerprint density at radius 3 is 2.60 bits per heavy atom. The number of anilines is 1. The third-order valence-electron chi connectivity index (χ3n) is 3.28. The monoisotopic (exact) mass is 268 g/mol. The summed E-state index contributed by atoms with van der Waals surface area (Å²) in [5.41, 5.74) is 3.23. The lowest BCUT2D eigenvalue weighted by Gasteiger charge is -2.13. The van der Waals surface area contributed by atoms with Gasteiger partial charge in [0.05, 0.1) is 18.6 Å². The highest BCUT2D eigenvalue weighted by molar-refractivity contribution is 5.60. The fourth-order valence-corrected chi connectivity index (χ4v) is 2.11. The van der Waals surface area contributed by atoms with Crippen LogP contribution in [0.25, 0.3) is 11.4 Å². The van der Waals surface area contributed by atoms with Crippen molar-refractivity contribution in [2.45, 2.75) is 13.0 Å². The molecule has 0 aliphatic heterocycles. The molecule has 5 nitrogen and oxygen atoms in total. The normalized spacial score (nSPS) is 12.3. The molecule has 2 aromatic heterocycles. The van der Waals surface area contributed by atoms with Crippen LogP contribution < -0.4 is 5.32 Å². The molecule has 3 rings (SSSR count). The molecule has 0 bridgehead atoms. The number of aromatic nitrogens is 3. The van der Waals surface area contributed by atoms with E-state index in [1.165, 1.54) is 0 Å². The summed E-state index contributed by atoms with van der Waals surface area (Å²) >= 11 is 0. The second kappa shape index (κ2) is 5.21. The predicted molar refractivity (Wildman–Crippen MR) is 77.2 cm³/mol. The largest absolute Gasteiger partial charge is 0.472 e. The third-order valence-corrected chi connectivity index (χ3v) is 3.28. The van der Waals surface area contributed by atoms with Gasteiger partial charge in [0, 0.05) is 23.9 Å². The molecule has 5 heteroatoms. The van der Waals surface area contributed by atoms with Crippen LogP contribution in [0.15, 0.2) is 53.6 Å². The summed E-state index contributed by atoms with van der Waals surface area (Å²) in [4.78, 5) is 0. The van der Waals surface area contributed by atoms with E-state index in [2.05, 4.69) is 22.4 Å². The van der Waals surface area contributed by atoms with Gasteiger partial charge in [-0.15, -0.1) is 10.2 Å². The van der Waals surface area contributed by atoms with Gasteiger partial charge in [-0.3, -0.25) is 0 Å². The summed E-state index contributed by atoms with van der Waals surface area (Å²) in [6.45, 7) is 2.10. The zero-order valence-corrected chi connectivity index (χ0v) is 11.4. The van der Waals surface area contributed by atoms with Gasteiger partial charge < -0.3 is 14.3 Å². The van der Waals surface area contributed by atoms with Gasteiger partial charge in [-0.25, -0.2) is 0 Å². The van der Waals surface area contributed by atoms with E-state index in [1.54, 1.807) is 18.9 Å². The minimum Gasteiger partial charge on any atom is -0.472 e. The number of benzene rings is 1. The van der Waals surface area contributed by atoms with Crippen molar-refractivity contribution in [1.82, 2.24) is 14.8 Å².